The number of hydrogen-bond donors (Lipinski definition) is 3. The van der Waals surface area contributed by atoms with Gasteiger partial charge >= 0.3 is 0 Å². The lowest BCUT2D eigenvalue weighted by Gasteiger charge is -2.16. The molecule has 3 nitrogen and oxygen atoms in total. The molecule has 3 N–H and O–H groups in total. The molecule has 0 fully saturated rings. The zero-order chi connectivity index (χ0) is 9.80. The zero-order valence-electron chi connectivity index (χ0n) is 7.75. The Morgan fingerprint density at radius 1 is 1.21 bits per heavy atom. The van der Waals surface area contributed by atoms with E-state index >= 15 is 0 Å². The minimum atomic E-state index is 0.630. The van der Waals surface area contributed by atoms with E-state index in [0.717, 1.165) is 11.4 Å². The van der Waals surface area contributed by atoms with Gasteiger partial charge in [0.25, 0.3) is 0 Å². The first kappa shape index (κ1) is 9.50. The molecule has 0 saturated heterocycles. The monoisotopic (exact) mass is 208 g/mol. The van der Waals surface area contributed by atoms with Crippen LogP contribution in [0.25, 0.3) is 0 Å². The van der Waals surface area contributed by atoms with E-state index in [4.69, 9.17) is 5.21 Å². The number of rotatable bonds is 4. The van der Waals surface area contributed by atoms with Crippen molar-refractivity contribution < 1.29 is 5.21 Å². The summed E-state index contributed by atoms with van der Waals surface area (Å²) in [6, 6.07) is 7.62. The van der Waals surface area contributed by atoms with Gasteiger partial charge in [-0.15, -0.1) is 0 Å². The van der Waals surface area contributed by atoms with Crippen molar-refractivity contribution in [1.29, 1.82) is 0 Å². The van der Waals surface area contributed by atoms with E-state index in [1.807, 2.05) is 24.3 Å². The highest BCUT2D eigenvalue weighted by molar-refractivity contribution is 7.44. The van der Waals surface area contributed by atoms with Crippen molar-refractivity contribution >= 4 is 20.1 Å². The van der Waals surface area contributed by atoms with Crippen LogP contribution in [0.3, 0.4) is 0 Å². The second kappa shape index (κ2) is 4.45. The first-order chi connectivity index (χ1) is 6.90. The maximum Gasteiger partial charge on any atom is 0.0836 e. The Kier molecular flexibility index (Phi) is 3.02. The molecule has 1 unspecified atom stereocenters. The second-order valence-electron chi connectivity index (χ2n) is 3.18. The highest BCUT2D eigenvalue weighted by Gasteiger charge is 2.06. The summed E-state index contributed by atoms with van der Waals surface area (Å²) in [4.78, 5) is 0. The van der Waals surface area contributed by atoms with Gasteiger partial charge in [-0.3, -0.25) is 10.7 Å². The predicted octanol–water partition coefficient (Wildman–Crippen LogP) is 3.17. The number of anilines is 2. The Balaban J connectivity index is 2.00. The van der Waals surface area contributed by atoms with Crippen LogP contribution in [0.1, 0.15) is 12.8 Å². The van der Waals surface area contributed by atoms with E-state index in [1.54, 1.807) is 0 Å². The van der Waals surface area contributed by atoms with Crippen molar-refractivity contribution in [2.45, 2.75) is 12.8 Å². The second-order valence-corrected chi connectivity index (χ2v) is 4.32. The molecular weight excluding hydrogens is 195 g/mol. The third-order valence-electron chi connectivity index (χ3n) is 2.21. The fourth-order valence-electron chi connectivity index (χ4n) is 1.24. The number of benzene rings is 1. The molecule has 0 heterocycles. The molecule has 1 atom stereocenters. The average Bonchev–Trinajstić information content (AvgIpc) is 2.16. The first-order valence-corrected chi connectivity index (χ1v) is 5.60. The summed E-state index contributed by atoms with van der Waals surface area (Å²) in [7, 11) is 0.630. The SMILES string of the molecule is ONc1ccccc1NPC1=CCC1. The number of para-hydroxylation sites is 2. The highest BCUT2D eigenvalue weighted by Crippen LogP contribution is 2.37. The van der Waals surface area contributed by atoms with Crippen LogP contribution in [0.2, 0.25) is 0 Å². The molecule has 74 valence electrons. The summed E-state index contributed by atoms with van der Waals surface area (Å²) < 4.78 is 0. The fourth-order valence-corrected chi connectivity index (χ4v) is 2.27. The van der Waals surface area contributed by atoms with Gasteiger partial charge in [0.1, 0.15) is 0 Å². The molecule has 4 heteroatoms. The van der Waals surface area contributed by atoms with Crippen LogP contribution in [0.5, 0.6) is 0 Å². The average molecular weight is 208 g/mol. The van der Waals surface area contributed by atoms with Crippen LogP contribution in [0.4, 0.5) is 11.4 Å². The molecule has 0 aromatic heterocycles. The topological polar surface area (TPSA) is 44.3 Å². The molecule has 1 aromatic carbocycles. The Morgan fingerprint density at radius 2 is 1.93 bits per heavy atom. The fraction of sp³-hybridized carbons (Fsp3) is 0.200. The zero-order valence-corrected chi connectivity index (χ0v) is 8.75. The van der Waals surface area contributed by atoms with E-state index in [9.17, 15) is 0 Å². The third-order valence-corrected chi connectivity index (χ3v) is 3.38. The van der Waals surface area contributed by atoms with Crippen LogP contribution in [-0.4, -0.2) is 5.21 Å². The number of allylic oxidation sites excluding steroid dienone is 2. The van der Waals surface area contributed by atoms with Gasteiger partial charge in [0.05, 0.1) is 11.4 Å². The molecule has 1 aliphatic carbocycles. The van der Waals surface area contributed by atoms with Crippen LogP contribution in [0.15, 0.2) is 35.7 Å². The Labute approximate surface area is 85.0 Å². The van der Waals surface area contributed by atoms with Crippen molar-refractivity contribution in [3.05, 3.63) is 35.7 Å². The van der Waals surface area contributed by atoms with E-state index in [-0.39, 0.29) is 0 Å². The number of nitrogens with one attached hydrogen (secondary N) is 2. The predicted molar refractivity (Wildman–Crippen MR) is 61.1 cm³/mol. The van der Waals surface area contributed by atoms with Gasteiger partial charge in [0, 0.05) is 8.73 Å². The maximum absolute atomic E-state index is 8.85. The Hall–Kier alpha value is -1.05. The molecule has 0 radical (unpaired) electrons. The summed E-state index contributed by atoms with van der Waals surface area (Å²) in [6.07, 6.45) is 4.67. The normalized spacial score (nSPS) is 15.1. The molecule has 0 bridgehead atoms. The standard InChI is InChI=1S/C10H13N2OP/c13-11-9-6-1-2-7-10(9)12-14-8-4-3-5-8/h1-2,4,6-7,11-14H,3,5H2. The van der Waals surface area contributed by atoms with Crippen LogP contribution in [0, 0.1) is 0 Å². The van der Waals surface area contributed by atoms with E-state index in [2.05, 4.69) is 16.6 Å². The summed E-state index contributed by atoms with van der Waals surface area (Å²) in [5.41, 5.74) is 3.85. The summed E-state index contributed by atoms with van der Waals surface area (Å²) >= 11 is 0. The molecule has 1 aliphatic rings. The summed E-state index contributed by atoms with van der Waals surface area (Å²) in [5, 5.41) is 13.6. The molecule has 2 rings (SSSR count). The van der Waals surface area contributed by atoms with Gasteiger partial charge in [-0.25, -0.2) is 0 Å². The molecule has 1 aromatic rings. The van der Waals surface area contributed by atoms with Crippen molar-refractivity contribution in [3.63, 3.8) is 0 Å². The minimum Gasteiger partial charge on any atom is -0.361 e. The molecular formula is C10H13N2OP. The van der Waals surface area contributed by atoms with Crippen molar-refractivity contribution in [3.8, 4) is 0 Å². The van der Waals surface area contributed by atoms with Gasteiger partial charge in [0.15, 0.2) is 0 Å². The summed E-state index contributed by atoms with van der Waals surface area (Å²) in [5.74, 6) is 0. The van der Waals surface area contributed by atoms with E-state index < -0.39 is 0 Å². The minimum absolute atomic E-state index is 0.630. The number of hydrogen-bond acceptors (Lipinski definition) is 3. The van der Waals surface area contributed by atoms with Crippen LogP contribution < -0.4 is 10.6 Å². The molecule has 0 spiro atoms. The van der Waals surface area contributed by atoms with E-state index in [1.165, 1.54) is 18.2 Å². The first-order valence-electron chi connectivity index (χ1n) is 4.60. The lowest BCUT2D eigenvalue weighted by atomic mass is 10.1. The smallest absolute Gasteiger partial charge is 0.0836 e. The molecule has 0 aliphatic heterocycles. The maximum atomic E-state index is 8.85. The van der Waals surface area contributed by atoms with Crippen molar-refractivity contribution in [1.82, 2.24) is 0 Å². The van der Waals surface area contributed by atoms with Crippen LogP contribution in [-0.2, 0) is 0 Å². The molecule has 0 amide bonds. The quantitative estimate of drug-likeness (QED) is 0.526. The Bertz CT molecular complexity index is 352. The van der Waals surface area contributed by atoms with E-state index in [0.29, 0.717) is 8.73 Å². The van der Waals surface area contributed by atoms with Crippen molar-refractivity contribution in [2.75, 3.05) is 10.6 Å². The molecule has 14 heavy (non-hydrogen) atoms. The summed E-state index contributed by atoms with van der Waals surface area (Å²) in [6.45, 7) is 0. The largest absolute Gasteiger partial charge is 0.361 e. The van der Waals surface area contributed by atoms with Gasteiger partial charge in [-0.05, 0) is 30.3 Å². The molecule has 0 saturated carbocycles. The van der Waals surface area contributed by atoms with Gasteiger partial charge in [-0.1, -0.05) is 18.2 Å². The lowest BCUT2D eigenvalue weighted by Crippen LogP contribution is -1.96. The third kappa shape index (κ3) is 2.06. The lowest BCUT2D eigenvalue weighted by molar-refractivity contribution is 0.389. The Morgan fingerprint density at radius 3 is 2.50 bits per heavy atom. The van der Waals surface area contributed by atoms with Gasteiger partial charge < -0.3 is 5.09 Å². The van der Waals surface area contributed by atoms with Gasteiger partial charge in [0.2, 0.25) is 0 Å². The van der Waals surface area contributed by atoms with Crippen LogP contribution >= 0.6 is 8.73 Å². The highest BCUT2D eigenvalue weighted by atomic mass is 31.1. The van der Waals surface area contributed by atoms with Gasteiger partial charge in [-0.2, -0.15) is 0 Å². The van der Waals surface area contributed by atoms with Crippen molar-refractivity contribution in [2.24, 2.45) is 0 Å².